The monoisotopic (exact) mass is 386 g/mol. The van der Waals surface area contributed by atoms with Crippen LogP contribution in [0.3, 0.4) is 0 Å². The van der Waals surface area contributed by atoms with Crippen molar-refractivity contribution >= 4 is 46.6 Å². The maximum atomic E-state index is 12.9. The summed E-state index contributed by atoms with van der Waals surface area (Å²) in [7, 11) is 0. The molecule has 0 radical (unpaired) electrons. The van der Waals surface area contributed by atoms with Crippen molar-refractivity contribution in [2.45, 2.75) is 13.5 Å². The predicted molar refractivity (Wildman–Crippen MR) is 93.4 cm³/mol. The molecule has 0 fully saturated rings. The lowest BCUT2D eigenvalue weighted by Crippen LogP contribution is -2.15. The van der Waals surface area contributed by atoms with Gasteiger partial charge in [0.15, 0.2) is 0 Å². The van der Waals surface area contributed by atoms with Crippen molar-refractivity contribution in [3.8, 4) is 5.88 Å². The van der Waals surface area contributed by atoms with Gasteiger partial charge in [-0.25, -0.2) is 4.68 Å². The van der Waals surface area contributed by atoms with E-state index in [9.17, 15) is 9.59 Å². The number of rotatable bonds is 6. The zero-order valence-corrected chi connectivity index (χ0v) is 15.0. The summed E-state index contributed by atoms with van der Waals surface area (Å²) < 4.78 is 6.56. The van der Waals surface area contributed by atoms with Crippen molar-refractivity contribution in [1.82, 2.24) is 9.78 Å². The van der Waals surface area contributed by atoms with Crippen LogP contribution < -0.4 is 4.74 Å². The molecule has 5 nitrogen and oxygen atoms in total. The Labute approximate surface area is 153 Å². The smallest absolute Gasteiger partial charge is 0.327 e. The first-order valence-corrected chi connectivity index (χ1v) is 8.12. The molecule has 1 aromatic heterocycles. The largest absolute Gasteiger partial charge is 0.406 e. The highest BCUT2D eigenvalue weighted by Gasteiger charge is 2.26. The molecule has 0 aliphatic heterocycles. The summed E-state index contributed by atoms with van der Waals surface area (Å²) in [4.78, 5) is 24.5. The SMILES string of the molecule is C=CCn1nc(C)c(C(=O)c2ccc(Cl)cc2Cl)c1OC(=O)CCl. The highest BCUT2D eigenvalue weighted by Crippen LogP contribution is 2.29. The van der Waals surface area contributed by atoms with E-state index in [0.717, 1.165) is 0 Å². The topological polar surface area (TPSA) is 61.2 Å². The molecule has 1 heterocycles. The molecule has 0 aliphatic carbocycles. The summed E-state index contributed by atoms with van der Waals surface area (Å²) in [6, 6.07) is 4.52. The number of nitrogens with zero attached hydrogens (tertiary/aromatic N) is 2. The molecule has 0 atom stereocenters. The zero-order chi connectivity index (χ0) is 17.9. The molecule has 0 bridgehead atoms. The van der Waals surface area contributed by atoms with Crippen LogP contribution in [0.5, 0.6) is 5.88 Å². The fourth-order valence-corrected chi connectivity index (χ4v) is 2.66. The van der Waals surface area contributed by atoms with Crippen molar-refractivity contribution in [1.29, 1.82) is 0 Å². The highest BCUT2D eigenvalue weighted by molar-refractivity contribution is 6.37. The standard InChI is InChI=1S/C16H13Cl3N2O3/c1-3-6-21-16(24-13(22)8-17)14(9(2)20-21)15(23)11-5-4-10(18)7-12(11)19/h3-5,7H,1,6,8H2,2H3. The maximum absolute atomic E-state index is 12.9. The predicted octanol–water partition coefficient (Wildman–Crippen LogP) is 4.06. The van der Waals surface area contributed by atoms with Crippen LogP contribution in [0, 0.1) is 6.92 Å². The molecule has 0 aliphatic rings. The summed E-state index contributed by atoms with van der Waals surface area (Å²) in [5, 5.41) is 4.82. The molecule has 1 aromatic carbocycles. The Hall–Kier alpha value is -1.82. The number of ether oxygens (including phenoxy) is 1. The minimum absolute atomic E-state index is 0.00840. The van der Waals surface area contributed by atoms with Gasteiger partial charge in [0.25, 0.3) is 0 Å². The van der Waals surface area contributed by atoms with Crippen LogP contribution in [-0.4, -0.2) is 27.4 Å². The van der Waals surface area contributed by atoms with Gasteiger partial charge in [0, 0.05) is 10.6 Å². The Balaban J connectivity index is 2.57. The number of esters is 1. The van der Waals surface area contributed by atoms with Gasteiger partial charge in [-0.2, -0.15) is 5.10 Å². The first-order valence-electron chi connectivity index (χ1n) is 6.83. The van der Waals surface area contributed by atoms with E-state index in [1.165, 1.54) is 16.8 Å². The number of hydrogen-bond acceptors (Lipinski definition) is 4. The molecule has 2 aromatic rings. The van der Waals surface area contributed by atoms with Crippen LogP contribution in [0.1, 0.15) is 21.6 Å². The van der Waals surface area contributed by atoms with Crippen LogP contribution in [0.25, 0.3) is 0 Å². The second-order valence-corrected chi connectivity index (χ2v) is 5.91. The Morgan fingerprint density at radius 2 is 2.08 bits per heavy atom. The number of carbonyl (C=O) groups is 2. The van der Waals surface area contributed by atoms with E-state index < -0.39 is 11.8 Å². The third-order valence-corrected chi connectivity index (χ3v) is 3.87. The van der Waals surface area contributed by atoms with Gasteiger partial charge < -0.3 is 4.74 Å². The highest BCUT2D eigenvalue weighted by atomic mass is 35.5. The molecular formula is C16H13Cl3N2O3. The molecule has 0 N–H and O–H groups in total. The second-order valence-electron chi connectivity index (χ2n) is 4.80. The average molecular weight is 388 g/mol. The molecule has 2 rings (SSSR count). The van der Waals surface area contributed by atoms with Gasteiger partial charge in [-0.1, -0.05) is 29.3 Å². The van der Waals surface area contributed by atoms with Gasteiger partial charge >= 0.3 is 5.97 Å². The minimum atomic E-state index is -0.696. The summed E-state index contributed by atoms with van der Waals surface area (Å²) in [5.74, 6) is -1.47. The Morgan fingerprint density at radius 1 is 1.38 bits per heavy atom. The fourth-order valence-electron chi connectivity index (χ4n) is 2.11. The van der Waals surface area contributed by atoms with Crippen molar-refractivity contribution in [3.63, 3.8) is 0 Å². The molecule has 8 heteroatoms. The Kier molecular flexibility index (Phi) is 6.04. The van der Waals surface area contributed by atoms with Gasteiger partial charge in [0.2, 0.25) is 11.7 Å². The van der Waals surface area contributed by atoms with Crippen molar-refractivity contribution in [2.75, 3.05) is 5.88 Å². The average Bonchev–Trinajstić information content (AvgIpc) is 2.82. The minimum Gasteiger partial charge on any atom is -0.406 e. The molecule has 24 heavy (non-hydrogen) atoms. The van der Waals surface area contributed by atoms with Crippen LogP contribution in [0.4, 0.5) is 0 Å². The zero-order valence-electron chi connectivity index (χ0n) is 12.7. The van der Waals surface area contributed by atoms with E-state index in [0.29, 0.717) is 10.7 Å². The van der Waals surface area contributed by atoms with E-state index in [4.69, 9.17) is 39.5 Å². The van der Waals surface area contributed by atoms with Crippen LogP contribution >= 0.6 is 34.8 Å². The number of benzene rings is 1. The van der Waals surface area contributed by atoms with E-state index in [2.05, 4.69) is 11.7 Å². The van der Waals surface area contributed by atoms with E-state index in [1.807, 2.05) is 0 Å². The number of allylic oxidation sites excluding steroid dienone is 1. The Morgan fingerprint density at radius 3 is 2.67 bits per heavy atom. The molecule has 0 amide bonds. The number of carbonyl (C=O) groups excluding carboxylic acids is 2. The van der Waals surface area contributed by atoms with Crippen LogP contribution in [-0.2, 0) is 11.3 Å². The van der Waals surface area contributed by atoms with Crippen molar-refractivity contribution in [3.05, 3.63) is 57.7 Å². The number of alkyl halides is 1. The lowest BCUT2D eigenvalue weighted by atomic mass is 10.0. The first-order chi connectivity index (χ1) is 11.4. The third-order valence-electron chi connectivity index (χ3n) is 3.11. The lowest BCUT2D eigenvalue weighted by molar-refractivity contribution is -0.132. The van der Waals surface area contributed by atoms with E-state index >= 15 is 0 Å². The summed E-state index contributed by atoms with van der Waals surface area (Å²) in [6.45, 7) is 5.50. The summed E-state index contributed by atoms with van der Waals surface area (Å²) in [5.41, 5.74) is 0.760. The lowest BCUT2D eigenvalue weighted by Gasteiger charge is -2.08. The molecule has 0 unspecified atom stereocenters. The molecule has 0 saturated heterocycles. The summed E-state index contributed by atoms with van der Waals surface area (Å²) in [6.07, 6.45) is 1.56. The first kappa shape index (κ1) is 18.5. The third kappa shape index (κ3) is 3.80. The van der Waals surface area contributed by atoms with Gasteiger partial charge in [-0.3, -0.25) is 9.59 Å². The van der Waals surface area contributed by atoms with Crippen LogP contribution in [0.15, 0.2) is 30.9 Å². The van der Waals surface area contributed by atoms with Gasteiger partial charge in [-0.05, 0) is 25.1 Å². The fraction of sp³-hybridized carbons (Fsp3) is 0.188. The number of aromatic nitrogens is 2. The van der Waals surface area contributed by atoms with Gasteiger partial charge in [-0.15, -0.1) is 18.2 Å². The van der Waals surface area contributed by atoms with Crippen molar-refractivity contribution in [2.24, 2.45) is 0 Å². The number of halogens is 3. The molecular weight excluding hydrogens is 375 g/mol. The second kappa shape index (κ2) is 7.83. The van der Waals surface area contributed by atoms with Crippen molar-refractivity contribution < 1.29 is 14.3 Å². The van der Waals surface area contributed by atoms with E-state index in [-0.39, 0.29) is 34.5 Å². The number of hydrogen-bond donors (Lipinski definition) is 0. The summed E-state index contributed by atoms with van der Waals surface area (Å²) >= 11 is 17.4. The van der Waals surface area contributed by atoms with Gasteiger partial charge in [0.1, 0.15) is 11.4 Å². The number of ketones is 1. The molecule has 0 saturated carbocycles. The van der Waals surface area contributed by atoms with Crippen LogP contribution in [0.2, 0.25) is 10.0 Å². The molecule has 126 valence electrons. The quantitative estimate of drug-likeness (QED) is 0.324. The Bertz CT molecular complexity index is 815. The van der Waals surface area contributed by atoms with Gasteiger partial charge in [0.05, 0.1) is 17.3 Å². The number of aryl methyl sites for hydroxylation is 1. The normalized spacial score (nSPS) is 10.5. The van der Waals surface area contributed by atoms with E-state index in [1.54, 1.807) is 19.1 Å². The maximum Gasteiger partial charge on any atom is 0.327 e. The molecule has 0 spiro atoms.